The number of carbonyl (C=O) groups is 1. The van der Waals surface area contributed by atoms with Gasteiger partial charge in [-0.2, -0.15) is 0 Å². The maximum Gasteiger partial charge on any atom is 0.492 e. The van der Waals surface area contributed by atoms with Gasteiger partial charge < -0.3 is 28.6 Å². The molecule has 8 heteroatoms. The topological polar surface area (TPSA) is 83.5 Å². The van der Waals surface area contributed by atoms with E-state index in [1.807, 2.05) is 0 Å². The fourth-order valence-corrected chi connectivity index (χ4v) is 3.46. The van der Waals surface area contributed by atoms with Crippen LogP contribution < -0.4 is 14.9 Å². The number of rotatable bonds is 9. The van der Waals surface area contributed by atoms with Gasteiger partial charge in [0.2, 0.25) is 0 Å². The largest absolute Gasteiger partial charge is 0.493 e. The summed E-state index contributed by atoms with van der Waals surface area (Å²) < 4.78 is 28.3. The Morgan fingerprint density at radius 3 is 2.89 bits per heavy atom. The van der Waals surface area contributed by atoms with Gasteiger partial charge in [-0.3, -0.25) is 4.79 Å². The van der Waals surface area contributed by atoms with Crippen molar-refractivity contribution >= 4 is 18.6 Å². The maximum absolute atomic E-state index is 12.0. The predicted octanol–water partition coefficient (Wildman–Crippen LogP) is 2.48. The van der Waals surface area contributed by atoms with Crippen molar-refractivity contribution in [1.82, 2.24) is 0 Å². The van der Waals surface area contributed by atoms with Gasteiger partial charge in [-0.15, -0.1) is 0 Å². The molecular weight excluding hydrogens is 363 g/mol. The Balaban J connectivity index is 1.84. The highest BCUT2D eigenvalue weighted by Crippen LogP contribution is 2.37. The highest BCUT2D eigenvalue weighted by atomic mass is 16.7. The molecule has 2 heterocycles. The summed E-state index contributed by atoms with van der Waals surface area (Å²) in [4.78, 5) is 12.0. The molecule has 0 aromatic heterocycles. The van der Waals surface area contributed by atoms with Crippen LogP contribution in [0, 0.1) is 0 Å². The van der Waals surface area contributed by atoms with Gasteiger partial charge in [0, 0.05) is 18.1 Å². The Bertz CT molecular complexity index is 660. The number of unbranched alkanes of at least 4 members (excludes halogenated alkanes) is 1. The third-order valence-electron chi connectivity index (χ3n) is 4.85. The number of benzene rings is 1. The molecule has 2 aliphatic heterocycles. The van der Waals surface area contributed by atoms with Gasteiger partial charge in [0.15, 0.2) is 6.29 Å². The quantitative estimate of drug-likeness (QED) is 0.393. The second-order valence-electron chi connectivity index (χ2n) is 7.03. The van der Waals surface area contributed by atoms with Gasteiger partial charge in [-0.05, 0) is 37.7 Å². The highest BCUT2D eigenvalue weighted by molar-refractivity contribution is 6.62. The number of hydrogen-bond acceptors (Lipinski definition) is 7. The Labute approximate surface area is 166 Å². The molecule has 0 spiro atoms. The van der Waals surface area contributed by atoms with Crippen LogP contribution in [0.3, 0.4) is 0 Å². The number of hydrogen-bond donors (Lipinski definition) is 1. The molecule has 0 aliphatic carbocycles. The molecule has 1 fully saturated rings. The summed E-state index contributed by atoms with van der Waals surface area (Å²) in [7, 11) is -1.14. The first kappa shape index (κ1) is 21.0. The zero-order valence-corrected chi connectivity index (χ0v) is 16.6. The van der Waals surface area contributed by atoms with Crippen LogP contribution >= 0.6 is 0 Å². The van der Waals surface area contributed by atoms with Crippen LogP contribution in [0.5, 0.6) is 11.5 Å². The lowest BCUT2D eigenvalue weighted by atomic mass is 9.78. The van der Waals surface area contributed by atoms with Gasteiger partial charge in [0.1, 0.15) is 11.5 Å². The first-order chi connectivity index (χ1) is 13.6. The number of esters is 1. The van der Waals surface area contributed by atoms with Crippen molar-refractivity contribution in [3.8, 4) is 11.5 Å². The smallest absolute Gasteiger partial charge is 0.492 e. The van der Waals surface area contributed by atoms with Gasteiger partial charge in [-0.1, -0.05) is 13.3 Å². The van der Waals surface area contributed by atoms with Crippen LogP contribution in [0.25, 0.3) is 0 Å². The van der Waals surface area contributed by atoms with E-state index in [1.54, 1.807) is 19.1 Å². The van der Waals surface area contributed by atoms with Crippen LogP contribution in [-0.4, -0.2) is 44.2 Å². The molecule has 2 unspecified atom stereocenters. The molecule has 2 atom stereocenters. The minimum Gasteiger partial charge on any atom is -0.493 e. The van der Waals surface area contributed by atoms with Crippen molar-refractivity contribution < 1.29 is 33.4 Å². The van der Waals surface area contributed by atoms with Crippen molar-refractivity contribution in [2.75, 3.05) is 19.8 Å². The summed E-state index contributed by atoms with van der Waals surface area (Å²) >= 11 is 0. The average molecular weight is 392 g/mol. The number of carbonyl (C=O) groups excluding carboxylic acids is 1. The van der Waals surface area contributed by atoms with E-state index >= 15 is 0 Å². The van der Waals surface area contributed by atoms with Crippen LogP contribution in [0.2, 0.25) is 0 Å². The summed E-state index contributed by atoms with van der Waals surface area (Å²) in [5, 5.41) is 10.4. The van der Waals surface area contributed by atoms with E-state index in [-0.39, 0.29) is 18.7 Å². The predicted molar refractivity (Wildman–Crippen MR) is 104 cm³/mol. The van der Waals surface area contributed by atoms with Crippen LogP contribution in [0.1, 0.15) is 64.0 Å². The molecule has 1 saturated heterocycles. The monoisotopic (exact) mass is 392 g/mol. The fraction of sp³-hybridized carbons (Fsp3) is 0.650. The van der Waals surface area contributed by atoms with E-state index in [0.29, 0.717) is 42.3 Å². The van der Waals surface area contributed by atoms with Crippen molar-refractivity contribution in [3.05, 3.63) is 17.7 Å². The van der Waals surface area contributed by atoms with Crippen molar-refractivity contribution in [2.24, 2.45) is 0 Å². The Kier molecular flexibility index (Phi) is 7.59. The van der Waals surface area contributed by atoms with Crippen molar-refractivity contribution in [1.29, 1.82) is 0 Å². The molecule has 154 valence electrons. The van der Waals surface area contributed by atoms with Gasteiger partial charge >= 0.3 is 13.1 Å². The summed E-state index contributed by atoms with van der Waals surface area (Å²) in [6.07, 6.45) is 3.94. The zero-order chi connectivity index (χ0) is 19.9. The Morgan fingerprint density at radius 1 is 1.32 bits per heavy atom. The first-order valence-corrected chi connectivity index (χ1v) is 10.2. The normalized spacial score (nSPS) is 21.3. The van der Waals surface area contributed by atoms with E-state index in [0.717, 1.165) is 32.1 Å². The second-order valence-corrected chi connectivity index (χ2v) is 7.03. The molecular formula is C20H29BO7. The van der Waals surface area contributed by atoms with Crippen molar-refractivity contribution in [2.45, 2.75) is 64.8 Å². The molecule has 1 aromatic rings. The number of ether oxygens (including phenoxy) is 4. The number of fused-ring (bicyclic) bond motifs is 1. The molecule has 2 aliphatic rings. The zero-order valence-electron chi connectivity index (χ0n) is 16.6. The molecule has 1 N–H and O–H groups in total. The SMILES string of the molecule is CCCCOc1cc(OC2CCCCO2)cc2c1C(CC(=O)OCC)OB2O. The van der Waals surface area contributed by atoms with Crippen LogP contribution in [-0.2, 0) is 18.9 Å². The van der Waals surface area contributed by atoms with E-state index in [1.165, 1.54) is 0 Å². The van der Waals surface area contributed by atoms with Crippen molar-refractivity contribution in [3.63, 3.8) is 0 Å². The minimum atomic E-state index is -1.14. The fourth-order valence-electron chi connectivity index (χ4n) is 3.46. The standard InChI is InChI=1S/C20H29BO7/c1-3-5-9-25-16-12-14(27-19-8-6-7-10-26-19)11-15-20(16)17(28-21(15)23)13-18(22)24-4-2/h11-12,17,19,23H,3-10,13H2,1-2H3. The summed E-state index contributed by atoms with van der Waals surface area (Å²) in [5.41, 5.74) is 1.25. The molecule has 0 amide bonds. The van der Waals surface area contributed by atoms with E-state index in [9.17, 15) is 9.82 Å². The van der Waals surface area contributed by atoms with E-state index in [2.05, 4.69) is 6.92 Å². The lowest BCUT2D eigenvalue weighted by Gasteiger charge is -2.24. The lowest BCUT2D eigenvalue weighted by molar-refractivity contribution is -0.145. The third-order valence-corrected chi connectivity index (χ3v) is 4.85. The Hall–Kier alpha value is -1.77. The lowest BCUT2D eigenvalue weighted by Crippen LogP contribution is -2.30. The molecule has 0 saturated carbocycles. The van der Waals surface area contributed by atoms with Gasteiger partial charge in [0.05, 0.1) is 32.3 Å². The molecule has 0 radical (unpaired) electrons. The first-order valence-electron chi connectivity index (χ1n) is 10.2. The van der Waals surface area contributed by atoms with Crippen LogP contribution in [0.4, 0.5) is 0 Å². The van der Waals surface area contributed by atoms with Gasteiger partial charge in [0.25, 0.3) is 0 Å². The Morgan fingerprint density at radius 2 is 2.18 bits per heavy atom. The molecule has 1 aromatic carbocycles. The van der Waals surface area contributed by atoms with E-state index in [4.69, 9.17) is 23.6 Å². The minimum absolute atomic E-state index is 0.0218. The van der Waals surface area contributed by atoms with E-state index < -0.39 is 13.2 Å². The molecule has 28 heavy (non-hydrogen) atoms. The summed E-state index contributed by atoms with van der Waals surface area (Å²) in [6, 6.07) is 3.54. The maximum atomic E-state index is 12.0. The van der Waals surface area contributed by atoms with Crippen LogP contribution in [0.15, 0.2) is 12.1 Å². The highest BCUT2D eigenvalue weighted by Gasteiger charge is 2.40. The molecule has 3 rings (SSSR count). The summed E-state index contributed by atoms with van der Waals surface area (Å²) in [5.74, 6) is 0.766. The molecule has 0 bridgehead atoms. The van der Waals surface area contributed by atoms with Gasteiger partial charge in [-0.25, -0.2) is 0 Å². The molecule has 7 nitrogen and oxygen atoms in total. The average Bonchev–Trinajstić information content (AvgIpc) is 2.98. The third kappa shape index (κ3) is 5.18. The second kappa shape index (κ2) is 10.1. The summed E-state index contributed by atoms with van der Waals surface area (Å²) in [6.45, 7) is 5.36.